The predicted molar refractivity (Wildman–Crippen MR) is 213 cm³/mol. The number of hydrogen-bond donors (Lipinski definition) is 4. The van der Waals surface area contributed by atoms with Crippen LogP contribution in [0.15, 0.2) is 18.2 Å². The number of alkyl halides is 3. The van der Waals surface area contributed by atoms with E-state index in [2.05, 4.69) is 26.1 Å². The van der Waals surface area contributed by atoms with Crippen molar-refractivity contribution in [1.29, 1.82) is 0 Å². The molecule has 3 saturated carbocycles. The molecule has 4 N–H and O–H groups in total. The zero-order valence-corrected chi connectivity index (χ0v) is 34.4. The molecule has 1 aromatic carbocycles. The molecule has 328 valence electrons. The molecule has 1 aromatic heterocycles. The number of amides is 4. The molecular weight excluding hydrogens is 786 g/mol. The molecular formula is C39H61F3N6O9S. The lowest BCUT2D eigenvalue weighted by Gasteiger charge is -2.29. The third-order valence-corrected chi connectivity index (χ3v) is 12.7. The fraction of sp³-hybridized carbons (Fsp3) is 0.692. The van der Waals surface area contributed by atoms with Crippen LogP contribution >= 0.6 is 0 Å². The highest BCUT2D eigenvalue weighted by atomic mass is 32.2. The minimum atomic E-state index is -4.90. The number of nitrogens with one attached hydrogen (secondary N) is 3. The second kappa shape index (κ2) is 18.2. The lowest BCUT2D eigenvalue weighted by molar-refractivity contribution is -0.140. The van der Waals surface area contributed by atoms with E-state index in [1.807, 2.05) is 5.32 Å². The molecule has 2 aromatic rings. The van der Waals surface area contributed by atoms with Crippen LogP contribution < -0.4 is 24.8 Å². The van der Waals surface area contributed by atoms with Gasteiger partial charge in [0.2, 0.25) is 29.1 Å². The van der Waals surface area contributed by atoms with Gasteiger partial charge in [-0.3, -0.25) is 14.4 Å². The van der Waals surface area contributed by atoms with E-state index in [0.29, 0.717) is 28.9 Å². The molecule has 0 spiro atoms. The zero-order valence-electron chi connectivity index (χ0n) is 33.6. The molecule has 0 bridgehead atoms. The van der Waals surface area contributed by atoms with Crippen LogP contribution in [0.2, 0.25) is 0 Å². The minimum Gasteiger partial charge on any atom is -0.497 e. The van der Waals surface area contributed by atoms with Gasteiger partial charge in [0.15, 0.2) is 0 Å². The summed E-state index contributed by atoms with van der Waals surface area (Å²) in [6, 6.07) is 3.72. The molecule has 1 aliphatic heterocycles. The maximum absolute atomic E-state index is 14.5. The van der Waals surface area contributed by atoms with Crippen LogP contribution in [0, 0.1) is 23.7 Å². The van der Waals surface area contributed by atoms with Crippen LogP contribution in [0.25, 0.3) is 11.0 Å². The van der Waals surface area contributed by atoms with Crippen molar-refractivity contribution < 1.29 is 59.6 Å². The maximum atomic E-state index is 14.5. The van der Waals surface area contributed by atoms with Gasteiger partial charge in [-0.2, -0.15) is 0 Å². The lowest BCUT2D eigenvalue weighted by atomic mass is 9.94. The van der Waals surface area contributed by atoms with E-state index >= 15 is 0 Å². The van der Waals surface area contributed by atoms with Crippen LogP contribution in [0.5, 0.6) is 11.6 Å². The van der Waals surface area contributed by atoms with Gasteiger partial charge in [-0.25, -0.2) is 41.1 Å². The Bertz CT molecular complexity index is 1960. The maximum Gasteiger partial charge on any atom is 0.405 e. The van der Waals surface area contributed by atoms with Crippen LogP contribution in [0.4, 0.5) is 18.0 Å². The summed E-state index contributed by atoms with van der Waals surface area (Å²) in [5.74, 6) is -3.76. The van der Waals surface area contributed by atoms with Gasteiger partial charge in [0.05, 0.1) is 30.6 Å². The van der Waals surface area contributed by atoms with Crippen molar-refractivity contribution in [2.45, 2.75) is 127 Å². The highest BCUT2D eigenvalue weighted by Gasteiger charge is 2.68. The van der Waals surface area contributed by atoms with E-state index in [-0.39, 0.29) is 36.0 Å². The van der Waals surface area contributed by atoms with Gasteiger partial charge in [-0.05, 0) is 49.7 Å². The first-order valence-corrected chi connectivity index (χ1v) is 21.5. The van der Waals surface area contributed by atoms with Crippen molar-refractivity contribution in [1.82, 2.24) is 30.2 Å². The SMILES string of the molecule is CC(C)C.CC[C@@H]1[C@@H](Oc2nc3cc(OC)ccc3nc2CCCCCC2CC2)CN(C(=O)CNC(=O)O)[C@@H]1C(=O)N[C@]1(C(=O)NS(=O)(=O)C2(F)CC2)C[C@H]1C(F)F.[HH].[HH].[HH]. The molecule has 19 heteroatoms. The number of aromatic nitrogens is 2. The molecule has 6 rings (SSSR count). The summed E-state index contributed by atoms with van der Waals surface area (Å²) in [7, 11) is -3.39. The quantitative estimate of drug-likeness (QED) is 0.131. The Balaban J connectivity index is 0.00000175. The fourth-order valence-electron chi connectivity index (χ4n) is 7.24. The normalized spacial score (nSPS) is 24.5. The number of carbonyl (C=O) groups excluding carboxylic acids is 3. The summed E-state index contributed by atoms with van der Waals surface area (Å²) >= 11 is 0. The number of carbonyl (C=O) groups is 4. The average Bonchev–Trinajstić information content (AvgIpc) is 4.09. The molecule has 4 aliphatic rings. The number of likely N-dealkylation sites (tertiary alicyclic amines) is 1. The van der Waals surface area contributed by atoms with Crippen molar-refractivity contribution in [3.8, 4) is 11.6 Å². The Labute approximate surface area is 341 Å². The molecule has 4 amide bonds. The monoisotopic (exact) mass is 846 g/mol. The van der Waals surface area contributed by atoms with Crippen LogP contribution in [0.3, 0.4) is 0 Å². The number of methoxy groups -OCH3 is 1. The van der Waals surface area contributed by atoms with Gasteiger partial charge in [0, 0.05) is 29.1 Å². The Kier molecular flexibility index (Phi) is 14.0. The number of rotatable bonds is 18. The number of unbranched alkanes of at least 4 members (excludes halogenated alkanes) is 2. The summed E-state index contributed by atoms with van der Waals surface area (Å²) in [5, 5.41) is 10.7. The molecule has 15 nitrogen and oxygen atoms in total. The van der Waals surface area contributed by atoms with Crippen LogP contribution in [-0.4, -0.2) is 102 Å². The molecule has 3 aliphatic carbocycles. The zero-order chi connectivity index (χ0) is 42.6. The summed E-state index contributed by atoms with van der Waals surface area (Å²) in [4.78, 5) is 62.8. The topological polar surface area (TPSA) is 206 Å². The summed E-state index contributed by atoms with van der Waals surface area (Å²) in [6.45, 7) is 7.20. The number of hydrogen-bond acceptors (Lipinski definition) is 10. The van der Waals surface area contributed by atoms with Crippen molar-refractivity contribution in [3.63, 3.8) is 0 Å². The highest BCUT2D eigenvalue weighted by Crippen LogP contribution is 2.50. The first kappa shape index (κ1) is 44.7. The van der Waals surface area contributed by atoms with Gasteiger partial charge in [0.1, 0.15) is 35.7 Å². The molecule has 2 heterocycles. The van der Waals surface area contributed by atoms with Gasteiger partial charge >= 0.3 is 6.09 Å². The van der Waals surface area contributed by atoms with E-state index < -0.39 is 87.8 Å². The summed E-state index contributed by atoms with van der Waals surface area (Å²) in [6.07, 6.45) is 0.223. The summed E-state index contributed by atoms with van der Waals surface area (Å²) in [5.41, 5.74) is -0.822. The molecule has 0 unspecified atom stereocenters. The van der Waals surface area contributed by atoms with Crippen molar-refractivity contribution >= 4 is 44.9 Å². The number of carboxylic acid groups (broad SMARTS) is 1. The fourth-order valence-corrected chi connectivity index (χ4v) is 8.49. The molecule has 4 fully saturated rings. The lowest BCUT2D eigenvalue weighted by Crippen LogP contribution is -2.59. The van der Waals surface area contributed by atoms with Gasteiger partial charge < -0.3 is 30.1 Å². The smallest absolute Gasteiger partial charge is 0.405 e. The van der Waals surface area contributed by atoms with E-state index in [0.717, 1.165) is 36.0 Å². The standard InChI is InChI=1S/C35H45F3N6O9S.C4H10.3H2/c1-3-21-26(53-31-24(8-6-4-5-7-19-9-10-19)40-23-12-11-20(52-2)15-25(23)41-31)18-44(27(45)17-39-33(48)49)28(21)30(46)42-35(16-22(35)29(36)37)32(47)43-54(50,51)34(38)13-14-34;1-4(2)3;;;/h11-12,15,19,21-22,26,28-29,39H,3-10,13-14,16-18H2,1-2H3,(H,42,46)(H,43,47)(H,48,49);4H,1-3H3;3*1H/t21-,22+,26+,28+,35-;;;;/m1..../s1. The number of nitrogens with zero attached hydrogens (tertiary/aromatic N) is 3. The predicted octanol–water partition coefficient (Wildman–Crippen LogP) is 5.85. The van der Waals surface area contributed by atoms with Gasteiger partial charge in [0.25, 0.3) is 15.9 Å². The number of fused-ring (bicyclic) bond motifs is 1. The van der Waals surface area contributed by atoms with E-state index in [1.54, 1.807) is 29.8 Å². The Morgan fingerprint density at radius 2 is 1.76 bits per heavy atom. The van der Waals surface area contributed by atoms with Crippen molar-refractivity contribution in [2.24, 2.45) is 23.7 Å². The van der Waals surface area contributed by atoms with Crippen molar-refractivity contribution in [3.05, 3.63) is 23.9 Å². The first-order chi connectivity index (χ1) is 27.3. The number of aryl methyl sites for hydroxylation is 1. The molecule has 5 atom stereocenters. The number of ether oxygens (including phenoxy) is 2. The average molecular weight is 847 g/mol. The van der Waals surface area contributed by atoms with Gasteiger partial charge in [-0.1, -0.05) is 59.8 Å². The third kappa shape index (κ3) is 10.6. The first-order valence-electron chi connectivity index (χ1n) is 20.0. The third-order valence-electron chi connectivity index (χ3n) is 10.9. The molecule has 58 heavy (non-hydrogen) atoms. The van der Waals surface area contributed by atoms with Gasteiger partial charge in [-0.15, -0.1) is 0 Å². The van der Waals surface area contributed by atoms with Crippen LogP contribution in [-0.2, 0) is 30.8 Å². The summed E-state index contributed by atoms with van der Waals surface area (Å²) < 4.78 is 81.1. The second-order valence-corrected chi connectivity index (χ2v) is 18.3. The van der Waals surface area contributed by atoms with Crippen molar-refractivity contribution in [2.75, 3.05) is 20.2 Å². The number of halogens is 3. The highest BCUT2D eigenvalue weighted by molar-refractivity contribution is 7.91. The minimum absolute atomic E-state index is 0. The Morgan fingerprint density at radius 3 is 2.33 bits per heavy atom. The number of benzene rings is 1. The van der Waals surface area contributed by atoms with Crippen LogP contribution in [0.1, 0.15) is 102 Å². The number of sulfonamides is 1. The molecule has 0 radical (unpaired) electrons. The van der Waals surface area contributed by atoms with E-state index in [1.165, 1.54) is 26.4 Å². The Morgan fingerprint density at radius 1 is 1.07 bits per heavy atom. The van der Waals surface area contributed by atoms with E-state index in [9.17, 15) is 45.9 Å². The van der Waals surface area contributed by atoms with E-state index in [4.69, 9.17) is 19.4 Å². The largest absolute Gasteiger partial charge is 0.497 e. The Hall–Kier alpha value is -4.42. The second-order valence-electron chi connectivity index (χ2n) is 16.4. The molecule has 1 saturated heterocycles.